The van der Waals surface area contributed by atoms with Gasteiger partial charge in [-0.3, -0.25) is 9.59 Å². The van der Waals surface area contributed by atoms with Crippen LogP contribution in [0.4, 0.5) is 0 Å². The summed E-state index contributed by atoms with van der Waals surface area (Å²) in [6.07, 6.45) is 6.81. The Bertz CT molecular complexity index is 351. The lowest BCUT2D eigenvalue weighted by molar-refractivity contribution is -0.118. The van der Waals surface area contributed by atoms with Crippen LogP contribution in [0.3, 0.4) is 0 Å². The van der Waals surface area contributed by atoms with Gasteiger partial charge in [-0.1, -0.05) is 0 Å². The van der Waals surface area contributed by atoms with Gasteiger partial charge < -0.3 is 5.32 Å². The second kappa shape index (κ2) is 4.41. The zero-order valence-electron chi connectivity index (χ0n) is 8.07. The lowest BCUT2D eigenvalue weighted by atomic mass is 10.1. The van der Waals surface area contributed by atoms with E-state index in [-0.39, 0.29) is 11.8 Å². The number of aliphatic imine (C=N–C) groups is 1. The zero-order valence-corrected chi connectivity index (χ0v) is 8.07. The molecule has 0 fully saturated rings. The van der Waals surface area contributed by atoms with Gasteiger partial charge in [0.1, 0.15) is 0 Å². The van der Waals surface area contributed by atoms with Crippen LogP contribution < -0.4 is 5.32 Å². The van der Waals surface area contributed by atoms with Crippen molar-refractivity contribution in [2.24, 2.45) is 4.99 Å². The van der Waals surface area contributed by atoms with Crippen LogP contribution >= 0.6 is 0 Å². The van der Waals surface area contributed by atoms with Gasteiger partial charge in [0.05, 0.1) is 24.6 Å². The SMILES string of the molecule is CC(=O)N=C1C=C(NC(C)=O)C=C[CH+]1. The Labute approximate surface area is 82.4 Å². The maximum Gasteiger partial charge on any atom is 0.245 e. The molecule has 1 aliphatic carbocycles. The van der Waals surface area contributed by atoms with Crippen molar-refractivity contribution in [3.8, 4) is 0 Å². The molecule has 0 heterocycles. The smallest absolute Gasteiger partial charge is 0.245 e. The average Bonchev–Trinajstić information content (AvgIpc) is 2.01. The maximum absolute atomic E-state index is 10.7. The normalized spacial score (nSPS) is 17.3. The van der Waals surface area contributed by atoms with Crippen molar-refractivity contribution < 1.29 is 9.59 Å². The van der Waals surface area contributed by atoms with Gasteiger partial charge in [-0.05, 0) is 0 Å². The van der Waals surface area contributed by atoms with Crippen molar-refractivity contribution in [1.82, 2.24) is 5.32 Å². The number of carbonyl (C=O) groups is 2. The molecule has 0 aromatic heterocycles. The minimum absolute atomic E-state index is 0.148. The van der Waals surface area contributed by atoms with E-state index < -0.39 is 0 Å². The summed E-state index contributed by atoms with van der Waals surface area (Å²) in [6.45, 7) is 2.81. The van der Waals surface area contributed by atoms with E-state index >= 15 is 0 Å². The third-order valence-electron chi connectivity index (χ3n) is 1.45. The van der Waals surface area contributed by atoms with Crippen LogP contribution in [-0.4, -0.2) is 17.5 Å². The summed E-state index contributed by atoms with van der Waals surface area (Å²) in [6, 6.07) is 0. The van der Waals surface area contributed by atoms with Crippen molar-refractivity contribution in [2.45, 2.75) is 13.8 Å². The molecule has 1 rings (SSSR count). The molecule has 0 unspecified atom stereocenters. The minimum Gasteiger partial charge on any atom is -0.304 e. The number of hydrogen-bond acceptors (Lipinski definition) is 2. The predicted molar refractivity (Wildman–Crippen MR) is 53.5 cm³/mol. The molecule has 4 nitrogen and oxygen atoms in total. The van der Waals surface area contributed by atoms with Crippen molar-refractivity contribution in [1.29, 1.82) is 0 Å². The van der Waals surface area contributed by atoms with Crippen LogP contribution in [0.25, 0.3) is 0 Å². The molecule has 1 aliphatic rings. The van der Waals surface area contributed by atoms with Gasteiger partial charge in [-0.25, -0.2) is 0 Å². The van der Waals surface area contributed by atoms with Gasteiger partial charge in [0, 0.05) is 13.8 Å². The summed E-state index contributed by atoms with van der Waals surface area (Å²) in [7, 11) is 0. The first-order chi connectivity index (χ1) is 6.58. The molecule has 0 atom stereocenters. The molecule has 0 bridgehead atoms. The molecule has 0 aliphatic heterocycles. The Morgan fingerprint density at radius 1 is 1.43 bits per heavy atom. The second-order valence-corrected chi connectivity index (χ2v) is 2.86. The molecule has 0 saturated carbocycles. The lowest BCUT2D eigenvalue weighted by Gasteiger charge is -2.00. The van der Waals surface area contributed by atoms with Gasteiger partial charge in [0.15, 0.2) is 11.4 Å². The number of allylic oxidation sites excluding steroid dienone is 3. The first-order valence-electron chi connectivity index (χ1n) is 4.18. The van der Waals surface area contributed by atoms with E-state index in [0.29, 0.717) is 11.4 Å². The van der Waals surface area contributed by atoms with Gasteiger partial charge >= 0.3 is 0 Å². The standard InChI is InChI=1S/C10H10N2O2/c1-7(13)11-9-4-3-5-10(6-9)12-8(2)14/h3-6H,1-2H3/p+1. The van der Waals surface area contributed by atoms with E-state index in [0.717, 1.165) is 0 Å². The van der Waals surface area contributed by atoms with Gasteiger partial charge in [-0.2, -0.15) is 4.99 Å². The Morgan fingerprint density at radius 3 is 2.71 bits per heavy atom. The van der Waals surface area contributed by atoms with Gasteiger partial charge in [0.2, 0.25) is 11.8 Å². The Hall–Kier alpha value is -1.84. The third kappa shape index (κ3) is 3.26. The molecule has 0 radical (unpaired) electrons. The first kappa shape index (κ1) is 10.2. The predicted octanol–water partition coefficient (Wildman–Crippen LogP) is 0.768. The third-order valence-corrected chi connectivity index (χ3v) is 1.45. The van der Waals surface area contributed by atoms with Crippen molar-refractivity contribution >= 4 is 17.5 Å². The Morgan fingerprint density at radius 2 is 2.14 bits per heavy atom. The lowest BCUT2D eigenvalue weighted by Crippen LogP contribution is -2.20. The quantitative estimate of drug-likeness (QED) is 0.622. The summed E-state index contributed by atoms with van der Waals surface area (Å²) in [5, 5.41) is 2.61. The van der Waals surface area contributed by atoms with Crippen LogP contribution in [0.1, 0.15) is 13.8 Å². The van der Waals surface area contributed by atoms with Crippen molar-refractivity contribution in [2.75, 3.05) is 0 Å². The van der Waals surface area contributed by atoms with E-state index in [9.17, 15) is 9.59 Å². The summed E-state index contributed by atoms with van der Waals surface area (Å²) in [5.41, 5.74) is 1.18. The number of nitrogens with zero attached hydrogens (tertiary/aromatic N) is 1. The molecular formula is C10H11N2O2+. The summed E-state index contributed by atoms with van der Waals surface area (Å²) < 4.78 is 0. The first-order valence-corrected chi connectivity index (χ1v) is 4.18. The number of hydrogen-bond donors (Lipinski definition) is 1. The summed E-state index contributed by atoms with van der Waals surface area (Å²) in [5.74, 6) is -0.407. The zero-order chi connectivity index (χ0) is 10.6. The molecular weight excluding hydrogens is 180 g/mol. The molecule has 4 heteroatoms. The highest BCUT2D eigenvalue weighted by Gasteiger charge is 2.13. The Balaban J connectivity index is 2.77. The maximum atomic E-state index is 10.7. The van der Waals surface area contributed by atoms with Crippen LogP contribution in [0.5, 0.6) is 0 Å². The van der Waals surface area contributed by atoms with E-state index in [4.69, 9.17) is 0 Å². The molecule has 0 saturated heterocycles. The number of amides is 2. The molecule has 1 N–H and O–H groups in total. The van der Waals surface area contributed by atoms with Crippen molar-refractivity contribution in [3.05, 3.63) is 30.3 Å². The summed E-state index contributed by atoms with van der Waals surface area (Å²) >= 11 is 0. The van der Waals surface area contributed by atoms with E-state index in [1.807, 2.05) is 0 Å². The summed E-state index contributed by atoms with van der Waals surface area (Å²) in [4.78, 5) is 25.2. The van der Waals surface area contributed by atoms with E-state index in [1.165, 1.54) is 13.8 Å². The second-order valence-electron chi connectivity index (χ2n) is 2.86. The van der Waals surface area contributed by atoms with Crippen LogP contribution in [0.2, 0.25) is 0 Å². The fourth-order valence-corrected chi connectivity index (χ4v) is 1.04. The molecule has 72 valence electrons. The van der Waals surface area contributed by atoms with E-state index in [1.54, 1.807) is 24.6 Å². The fourth-order valence-electron chi connectivity index (χ4n) is 1.04. The largest absolute Gasteiger partial charge is 0.304 e. The van der Waals surface area contributed by atoms with Crippen molar-refractivity contribution in [3.63, 3.8) is 0 Å². The Kier molecular flexibility index (Phi) is 3.23. The van der Waals surface area contributed by atoms with Crippen LogP contribution in [0, 0.1) is 6.42 Å². The molecule has 14 heavy (non-hydrogen) atoms. The van der Waals surface area contributed by atoms with Gasteiger partial charge in [-0.15, -0.1) is 0 Å². The number of nitrogens with one attached hydrogen (secondary N) is 1. The molecule has 0 spiro atoms. The molecule has 0 aromatic rings. The van der Waals surface area contributed by atoms with Gasteiger partial charge in [0.25, 0.3) is 0 Å². The fraction of sp³-hybridized carbons (Fsp3) is 0.200. The monoisotopic (exact) mass is 191 g/mol. The number of carbonyl (C=O) groups excluding carboxylic acids is 2. The minimum atomic E-state index is -0.259. The van der Waals surface area contributed by atoms with Crippen LogP contribution in [-0.2, 0) is 9.59 Å². The average molecular weight is 191 g/mol. The highest BCUT2D eigenvalue weighted by molar-refractivity contribution is 6.10. The topological polar surface area (TPSA) is 58.5 Å². The number of rotatable bonds is 1. The van der Waals surface area contributed by atoms with E-state index in [2.05, 4.69) is 10.3 Å². The highest BCUT2D eigenvalue weighted by atomic mass is 16.1. The highest BCUT2D eigenvalue weighted by Crippen LogP contribution is 2.04. The molecule has 0 aromatic carbocycles. The van der Waals surface area contributed by atoms with Crippen LogP contribution in [0.15, 0.2) is 28.9 Å². The molecule has 2 amide bonds.